The molecule has 1 fully saturated rings. The van der Waals surface area contributed by atoms with E-state index in [1.807, 2.05) is 4.68 Å². The van der Waals surface area contributed by atoms with Gasteiger partial charge < -0.3 is 14.8 Å². The van der Waals surface area contributed by atoms with Gasteiger partial charge >= 0.3 is 0 Å². The van der Waals surface area contributed by atoms with Gasteiger partial charge in [0.15, 0.2) is 5.82 Å². The predicted octanol–water partition coefficient (Wildman–Crippen LogP) is 0.149. The van der Waals surface area contributed by atoms with Crippen LogP contribution in [-0.2, 0) is 16.0 Å². The lowest BCUT2D eigenvalue weighted by atomic mass is 10.2. The molecule has 2 atom stereocenters. The molecule has 1 heterocycles. The minimum absolute atomic E-state index is 0.228. The third-order valence-electron chi connectivity index (χ3n) is 3.36. The molecule has 2 unspecified atom stereocenters. The molecule has 0 aromatic carbocycles. The van der Waals surface area contributed by atoms with Gasteiger partial charge in [-0.25, -0.2) is 4.68 Å². The number of nitrogens with zero attached hydrogens (tertiary/aromatic N) is 4. The van der Waals surface area contributed by atoms with Crippen LogP contribution in [0.5, 0.6) is 0 Å². The second-order valence-corrected chi connectivity index (χ2v) is 4.48. The Morgan fingerprint density at radius 1 is 1.39 bits per heavy atom. The Labute approximate surface area is 107 Å². The molecule has 2 rings (SSSR count). The van der Waals surface area contributed by atoms with Crippen LogP contribution in [0, 0.1) is 0 Å². The molecule has 1 aliphatic rings. The first kappa shape index (κ1) is 13.4. The fourth-order valence-corrected chi connectivity index (χ4v) is 2.42. The Morgan fingerprint density at radius 3 is 3.06 bits per heavy atom. The molecule has 0 radical (unpaired) electrons. The van der Waals surface area contributed by atoms with Crippen LogP contribution in [0.15, 0.2) is 0 Å². The van der Waals surface area contributed by atoms with Gasteiger partial charge in [-0.05, 0) is 29.7 Å². The molecule has 1 N–H and O–H groups in total. The van der Waals surface area contributed by atoms with Crippen molar-refractivity contribution < 1.29 is 9.47 Å². The topological polar surface area (TPSA) is 74.1 Å². The summed E-state index contributed by atoms with van der Waals surface area (Å²) < 4.78 is 12.4. The number of hydrogen-bond donors (Lipinski definition) is 1. The molecule has 7 heteroatoms. The number of methoxy groups -OCH3 is 2. The number of aromatic nitrogens is 4. The quantitative estimate of drug-likeness (QED) is 0.699. The van der Waals surface area contributed by atoms with E-state index >= 15 is 0 Å². The van der Waals surface area contributed by atoms with Crippen LogP contribution in [0.4, 0.5) is 0 Å². The van der Waals surface area contributed by atoms with Crippen molar-refractivity contribution in [3.8, 4) is 0 Å². The molecule has 1 aromatic heterocycles. The number of hydrogen-bond acceptors (Lipinski definition) is 6. The molecule has 0 bridgehead atoms. The van der Waals surface area contributed by atoms with E-state index in [1.165, 1.54) is 6.42 Å². The largest absolute Gasteiger partial charge is 0.383 e. The standard InChI is InChI=1S/C11H21N5O2/c1-17-7-6-12-8-11-13-14-15-16(11)9-4-3-5-10(9)18-2/h9-10,12H,3-8H2,1-2H3. The lowest BCUT2D eigenvalue weighted by Crippen LogP contribution is -2.26. The van der Waals surface area contributed by atoms with E-state index in [4.69, 9.17) is 9.47 Å². The van der Waals surface area contributed by atoms with Crippen LogP contribution in [0.2, 0.25) is 0 Å². The maximum atomic E-state index is 5.49. The van der Waals surface area contributed by atoms with Crippen LogP contribution < -0.4 is 5.32 Å². The van der Waals surface area contributed by atoms with E-state index in [2.05, 4.69) is 20.8 Å². The first-order valence-corrected chi connectivity index (χ1v) is 6.36. The molecular formula is C11H21N5O2. The van der Waals surface area contributed by atoms with Gasteiger partial charge in [-0.3, -0.25) is 0 Å². The summed E-state index contributed by atoms with van der Waals surface area (Å²) in [6.07, 6.45) is 3.55. The third kappa shape index (κ3) is 3.04. The maximum Gasteiger partial charge on any atom is 0.165 e. The van der Waals surface area contributed by atoms with Crippen LogP contribution in [0.3, 0.4) is 0 Å². The molecule has 1 saturated carbocycles. The van der Waals surface area contributed by atoms with Gasteiger partial charge in [0.1, 0.15) is 0 Å². The number of tetrazole rings is 1. The highest BCUT2D eigenvalue weighted by Gasteiger charge is 2.31. The van der Waals surface area contributed by atoms with E-state index in [-0.39, 0.29) is 12.1 Å². The van der Waals surface area contributed by atoms with E-state index in [0.29, 0.717) is 13.2 Å². The molecule has 7 nitrogen and oxygen atoms in total. The zero-order valence-corrected chi connectivity index (χ0v) is 11.0. The van der Waals surface area contributed by atoms with Crippen molar-refractivity contribution in [2.45, 2.75) is 38.0 Å². The molecule has 0 aliphatic heterocycles. The Bertz CT molecular complexity index is 357. The monoisotopic (exact) mass is 255 g/mol. The SMILES string of the molecule is COCCNCc1nnnn1C1CCCC1OC. The second-order valence-electron chi connectivity index (χ2n) is 4.48. The van der Waals surface area contributed by atoms with Gasteiger partial charge in [0.05, 0.1) is 25.3 Å². The lowest BCUT2D eigenvalue weighted by Gasteiger charge is -2.19. The number of nitrogens with one attached hydrogen (secondary N) is 1. The second kappa shape index (κ2) is 6.77. The van der Waals surface area contributed by atoms with Gasteiger partial charge in [0.2, 0.25) is 0 Å². The van der Waals surface area contributed by atoms with Gasteiger partial charge in [0.25, 0.3) is 0 Å². The zero-order chi connectivity index (χ0) is 12.8. The summed E-state index contributed by atoms with van der Waals surface area (Å²) in [6, 6.07) is 0.268. The highest BCUT2D eigenvalue weighted by atomic mass is 16.5. The predicted molar refractivity (Wildman–Crippen MR) is 65.1 cm³/mol. The molecule has 1 aromatic rings. The first-order chi connectivity index (χ1) is 8.86. The van der Waals surface area contributed by atoms with Crippen molar-refractivity contribution in [3.05, 3.63) is 5.82 Å². The summed E-state index contributed by atoms with van der Waals surface area (Å²) in [7, 11) is 3.44. The Hall–Kier alpha value is -1.05. The lowest BCUT2D eigenvalue weighted by molar-refractivity contribution is 0.0689. The van der Waals surface area contributed by atoms with Gasteiger partial charge in [-0.2, -0.15) is 0 Å². The van der Waals surface area contributed by atoms with Crippen molar-refractivity contribution in [2.75, 3.05) is 27.4 Å². The van der Waals surface area contributed by atoms with E-state index in [1.54, 1.807) is 14.2 Å². The fourth-order valence-electron chi connectivity index (χ4n) is 2.42. The van der Waals surface area contributed by atoms with E-state index < -0.39 is 0 Å². The molecule has 0 spiro atoms. The van der Waals surface area contributed by atoms with Crippen molar-refractivity contribution in [1.29, 1.82) is 0 Å². The number of ether oxygens (including phenoxy) is 2. The van der Waals surface area contributed by atoms with Gasteiger partial charge in [0, 0.05) is 20.8 Å². The summed E-state index contributed by atoms with van der Waals surface area (Å²) in [5.41, 5.74) is 0. The summed E-state index contributed by atoms with van der Waals surface area (Å²) in [5.74, 6) is 0.861. The van der Waals surface area contributed by atoms with E-state index in [9.17, 15) is 0 Å². The normalized spacial score (nSPS) is 23.7. The molecule has 0 amide bonds. The van der Waals surface area contributed by atoms with E-state index in [0.717, 1.165) is 25.2 Å². The first-order valence-electron chi connectivity index (χ1n) is 6.36. The number of rotatable bonds is 7. The third-order valence-corrected chi connectivity index (χ3v) is 3.36. The van der Waals surface area contributed by atoms with Gasteiger partial charge in [-0.1, -0.05) is 0 Å². The average molecular weight is 255 g/mol. The highest BCUT2D eigenvalue weighted by molar-refractivity contribution is 4.90. The minimum Gasteiger partial charge on any atom is -0.383 e. The Balaban J connectivity index is 1.94. The maximum absolute atomic E-state index is 5.49. The summed E-state index contributed by atoms with van der Waals surface area (Å²) in [6.45, 7) is 2.14. The molecule has 1 aliphatic carbocycles. The summed E-state index contributed by atoms with van der Waals surface area (Å²) in [5, 5.41) is 15.2. The van der Waals surface area contributed by atoms with Crippen molar-refractivity contribution in [3.63, 3.8) is 0 Å². The van der Waals surface area contributed by atoms with Crippen LogP contribution in [-0.4, -0.2) is 53.7 Å². The van der Waals surface area contributed by atoms with Crippen molar-refractivity contribution >= 4 is 0 Å². The molecule has 18 heavy (non-hydrogen) atoms. The smallest absolute Gasteiger partial charge is 0.165 e. The molecular weight excluding hydrogens is 234 g/mol. The van der Waals surface area contributed by atoms with Crippen LogP contribution >= 0.6 is 0 Å². The molecule has 0 saturated heterocycles. The summed E-state index contributed by atoms with van der Waals surface area (Å²) >= 11 is 0. The zero-order valence-electron chi connectivity index (χ0n) is 11.0. The minimum atomic E-state index is 0.228. The summed E-state index contributed by atoms with van der Waals surface area (Å²) in [4.78, 5) is 0. The van der Waals surface area contributed by atoms with Gasteiger partial charge in [-0.15, -0.1) is 5.10 Å². The highest BCUT2D eigenvalue weighted by Crippen LogP contribution is 2.31. The Kier molecular flexibility index (Phi) is 5.03. The van der Waals surface area contributed by atoms with Crippen LogP contribution in [0.1, 0.15) is 31.1 Å². The van der Waals surface area contributed by atoms with Crippen molar-refractivity contribution in [1.82, 2.24) is 25.5 Å². The molecule has 102 valence electrons. The fraction of sp³-hybridized carbons (Fsp3) is 0.909. The Morgan fingerprint density at radius 2 is 2.28 bits per heavy atom. The van der Waals surface area contributed by atoms with Crippen molar-refractivity contribution in [2.24, 2.45) is 0 Å². The van der Waals surface area contributed by atoms with Crippen LogP contribution in [0.25, 0.3) is 0 Å². The average Bonchev–Trinajstić information content (AvgIpc) is 3.02.